The third-order valence-corrected chi connectivity index (χ3v) is 4.90. The molecular formula is C17H23ClN4O4. The molecule has 3 rings (SSSR count). The number of hydrogen-bond donors (Lipinski definition) is 4. The van der Waals surface area contributed by atoms with Crippen LogP contribution in [0.5, 0.6) is 0 Å². The monoisotopic (exact) mass is 382 g/mol. The largest absolute Gasteiger partial charge is 0.481 e. The van der Waals surface area contributed by atoms with Crippen molar-refractivity contribution in [3.8, 4) is 0 Å². The summed E-state index contributed by atoms with van der Waals surface area (Å²) in [6.45, 7) is 0.810. The van der Waals surface area contributed by atoms with E-state index >= 15 is 0 Å². The number of nitrogens with two attached hydrogens (primary N) is 1. The molecule has 1 aromatic carbocycles. The van der Waals surface area contributed by atoms with Crippen molar-refractivity contribution in [2.24, 2.45) is 5.73 Å². The van der Waals surface area contributed by atoms with Crippen LogP contribution in [0.3, 0.4) is 0 Å². The number of aliphatic carboxylic acids is 1. The maximum Gasteiger partial charge on any atom is 0.303 e. The fourth-order valence-electron chi connectivity index (χ4n) is 3.36. The fourth-order valence-corrected chi connectivity index (χ4v) is 3.36. The van der Waals surface area contributed by atoms with Crippen LogP contribution in [0.2, 0.25) is 0 Å². The number of amides is 2. The lowest BCUT2D eigenvalue weighted by Gasteiger charge is -2.44. The second-order valence-electron chi connectivity index (χ2n) is 6.57. The average molecular weight is 383 g/mol. The normalized spacial score (nSPS) is 18.8. The minimum atomic E-state index is -0.970. The van der Waals surface area contributed by atoms with Crippen LogP contribution in [0.25, 0.3) is 0 Å². The molecule has 0 unspecified atom stereocenters. The van der Waals surface area contributed by atoms with E-state index in [4.69, 9.17) is 10.8 Å². The first-order valence-electron chi connectivity index (χ1n) is 8.36. The molecule has 1 atom stereocenters. The SMILES string of the molecule is Cl.N[C@@H](CCC(=O)O)C(=O)N1CCC2(CC1)Nc1ccccc1NC2=O. The third-order valence-electron chi connectivity index (χ3n) is 4.90. The van der Waals surface area contributed by atoms with Gasteiger partial charge in [0.25, 0.3) is 0 Å². The number of nitrogens with zero attached hydrogens (tertiary/aromatic N) is 1. The highest BCUT2D eigenvalue weighted by molar-refractivity contribution is 6.06. The van der Waals surface area contributed by atoms with Gasteiger partial charge in [0, 0.05) is 19.5 Å². The maximum absolute atomic E-state index is 12.6. The van der Waals surface area contributed by atoms with Gasteiger partial charge in [0.2, 0.25) is 11.8 Å². The van der Waals surface area contributed by atoms with E-state index < -0.39 is 17.6 Å². The van der Waals surface area contributed by atoms with E-state index in [-0.39, 0.29) is 37.1 Å². The van der Waals surface area contributed by atoms with Crippen LogP contribution in [0.1, 0.15) is 25.7 Å². The zero-order chi connectivity index (χ0) is 18.0. The zero-order valence-corrected chi connectivity index (χ0v) is 15.1. The number of carbonyl (C=O) groups excluding carboxylic acids is 2. The topological polar surface area (TPSA) is 125 Å². The number of fused-ring (bicyclic) bond motifs is 1. The van der Waals surface area contributed by atoms with E-state index in [1.807, 2.05) is 24.3 Å². The number of carboxylic acids is 1. The second-order valence-corrected chi connectivity index (χ2v) is 6.57. The molecule has 0 bridgehead atoms. The molecular weight excluding hydrogens is 360 g/mol. The van der Waals surface area contributed by atoms with Crippen LogP contribution >= 0.6 is 12.4 Å². The molecule has 1 spiro atoms. The molecule has 1 aromatic rings. The van der Waals surface area contributed by atoms with Gasteiger partial charge in [-0.25, -0.2) is 0 Å². The van der Waals surface area contributed by atoms with Crippen molar-refractivity contribution < 1.29 is 19.5 Å². The van der Waals surface area contributed by atoms with Crippen molar-refractivity contribution in [3.63, 3.8) is 0 Å². The Balaban J connectivity index is 0.00000243. The van der Waals surface area contributed by atoms with Crippen LogP contribution in [-0.4, -0.2) is 52.5 Å². The first-order valence-corrected chi connectivity index (χ1v) is 8.36. The summed E-state index contributed by atoms with van der Waals surface area (Å²) in [7, 11) is 0. The molecule has 1 fully saturated rings. The van der Waals surface area contributed by atoms with E-state index in [1.54, 1.807) is 4.90 Å². The molecule has 2 aliphatic heterocycles. The van der Waals surface area contributed by atoms with E-state index in [2.05, 4.69) is 10.6 Å². The number of benzene rings is 1. The van der Waals surface area contributed by atoms with Gasteiger partial charge in [-0.2, -0.15) is 0 Å². The number of hydrogen-bond acceptors (Lipinski definition) is 5. The van der Waals surface area contributed by atoms with Gasteiger partial charge in [-0.05, 0) is 31.4 Å². The summed E-state index contributed by atoms with van der Waals surface area (Å²) in [5.74, 6) is -1.32. The quantitative estimate of drug-likeness (QED) is 0.616. The summed E-state index contributed by atoms with van der Waals surface area (Å²) >= 11 is 0. The third kappa shape index (κ3) is 3.91. The maximum atomic E-state index is 12.6. The van der Waals surface area contributed by atoms with Gasteiger partial charge in [-0.1, -0.05) is 12.1 Å². The molecule has 1 saturated heterocycles. The molecule has 2 aliphatic rings. The Morgan fingerprint density at radius 1 is 1.23 bits per heavy atom. The highest BCUT2D eigenvalue weighted by Crippen LogP contribution is 2.36. The second kappa shape index (κ2) is 7.92. The minimum Gasteiger partial charge on any atom is -0.481 e. The smallest absolute Gasteiger partial charge is 0.303 e. The lowest BCUT2D eigenvalue weighted by atomic mass is 9.84. The molecule has 5 N–H and O–H groups in total. The highest BCUT2D eigenvalue weighted by Gasteiger charge is 2.45. The Morgan fingerprint density at radius 3 is 2.46 bits per heavy atom. The molecule has 8 nitrogen and oxygen atoms in total. The summed E-state index contributed by atoms with van der Waals surface area (Å²) in [5, 5.41) is 15.0. The van der Waals surface area contributed by atoms with Gasteiger partial charge in [0.1, 0.15) is 5.54 Å². The van der Waals surface area contributed by atoms with Crippen molar-refractivity contribution in [3.05, 3.63) is 24.3 Å². The molecule has 0 saturated carbocycles. The van der Waals surface area contributed by atoms with Crippen LogP contribution in [0, 0.1) is 0 Å². The van der Waals surface area contributed by atoms with E-state index in [0.717, 1.165) is 11.4 Å². The number of piperidine rings is 1. The minimum absolute atomic E-state index is 0. The number of likely N-dealkylation sites (tertiary alicyclic amines) is 1. The van der Waals surface area contributed by atoms with Crippen LogP contribution in [0.15, 0.2) is 24.3 Å². The van der Waals surface area contributed by atoms with Gasteiger partial charge in [-0.15, -0.1) is 12.4 Å². The van der Waals surface area contributed by atoms with Gasteiger partial charge in [-0.3, -0.25) is 14.4 Å². The summed E-state index contributed by atoms with van der Waals surface area (Å²) in [6.07, 6.45) is 0.933. The van der Waals surface area contributed by atoms with Gasteiger partial charge in [0.05, 0.1) is 17.4 Å². The standard InChI is InChI=1S/C17H22N4O4.ClH/c18-11(5-6-14(22)23)15(24)21-9-7-17(8-10-21)16(25)19-12-3-1-2-4-13(12)20-17;/h1-4,11,20H,5-10,18H2,(H,19,25)(H,22,23);1H/t11-;/m0./s1. The lowest BCUT2D eigenvalue weighted by molar-refractivity contribution is -0.138. The van der Waals surface area contributed by atoms with Crippen molar-refractivity contribution in [1.82, 2.24) is 4.90 Å². The van der Waals surface area contributed by atoms with Crippen LogP contribution in [-0.2, 0) is 14.4 Å². The van der Waals surface area contributed by atoms with Crippen LogP contribution in [0.4, 0.5) is 11.4 Å². The molecule has 0 radical (unpaired) electrons. The number of carboxylic acid groups (broad SMARTS) is 1. The number of halogens is 1. The van der Waals surface area contributed by atoms with E-state index in [0.29, 0.717) is 25.9 Å². The summed E-state index contributed by atoms with van der Waals surface area (Å²) in [4.78, 5) is 37.1. The number of anilines is 2. The number of carbonyl (C=O) groups is 3. The van der Waals surface area contributed by atoms with Crippen molar-refractivity contribution in [1.29, 1.82) is 0 Å². The predicted molar refractivity (Wildman–Crippen MR) is 99.3 cm³/mol. The van der Waals surface area contributed by atoms with Crippen molar-refractivity contribution in [2.75, 3.05) is 23.7 Å². The first kappa shape index (κ1) is 20.0. The zero-order valence-electron chi connectivity index (χ0n) is 14.2. The van der Waals surface area contributed by atoms with Crippen molar-refractivity contribution >= 4 is 41.6 Å². The fraction of sp³-hybridized carbons (Fsp3) is 0.471. The van der Waals surface area contributed by atoms with Crippen LogP contribution < -0.4 is 16.4 Å². The average Bonchev–Trinajstić information content (AvgIpc) is 2.60. The van der Waals surface area contributed by atoms with E-state index in [1.165, 1.54) is 0 Å². The summed E-state index contributed by atoms with van der Waals surface area (Å²) in [5.41, 5.74) is 6.71. The molecule has 0 aromatic heterocycles. The Labute approximate surface area is 157 Å². The Morgan fingerprint density at radius 2 is 1.85 bits per heavy atom. The molecule has 9 heteroatoms. The van der Waals surface area contributed by atoms with Crippen molar-refractivity contribution in [2.45, 2.75) is 37.3 Å². The molecule has 2 heterocycles. The number of para-hydroxylation sites is 2. The Bertz CT molecular complexity index is 704. The Hall–Kier alpha value is -2.32. The van der Waals surface area contributed by atoms with E-state index in [9.17, 15) is 14.4 Å². The Kier molecular flexibility index (Phi) is 6.09. The highest BCUT2D eigenvalue weighted by atomic mass is 35.5. The van der Waals surface area contributed by atoms with Gasteiger partial charge in [0.15, 0.2) is 0 Å². The van der Waals surface area contributed by atoms with Gasteiger partial charge >= 0.3 is 5.97 Å². The predicted octanol–water partition coefficient (Wildman–Crippen LogP) is 1.03. The molecule has 0 aliphatic carbocycles. The molecule has 142 valence electrons. The number of rotatable bonds is 4. The first-order chi connectivity index (χ1) is 11.9. The molecule has 26 heavy (non-hydrogen) atoms. The summed E-state index contributed by atoms with van der Waals surface area (Å²) in [6, 6.07) is 6.69. The molecule has 2 amide bonds. The lowest BCUT2D eigenvalue weighted by Crippen LogP contribution is -2.60. The van der Waals surface area contributed by atoms with Gasteiger partial charge < -0.3 is 26.4 Å². The summed E-state index contributed by atoms with van der Waals surface area (Å²) < 4.78 is 0. The number of nitrogens with one attached hydrogen (secondary N) is 2.